The minimum atomic E-state index is 0.575. The largest absolute Gasteiger partial charge is 0.361 e. The molecular weight excluding hydrogens is 293 g/mol. The molecule has 0 bridgehead atoms. The summed E-state index contributed by atoms with van der Waals surface area (Å²) >= 11 is 12.0. The second-order valence-corrected chi connectivity index (χ2v) is 5.13. The Bertz CT molecular complexity index is 778. The first-order valence-electron chi connectivity index (χ1n) is 6.04. The molecule has 0 fully saturated rings. The molecule has 20 heavy (non-hydrogen) atoms. The highest BCUT2D eigenvalue weighted by molar-refractivity contribution is 6.35. The van der Waals surface area contributed by atoms with Crippen molar-refractivity contribution in [3.8, 4) is 0 Å². The van der Waals surface area contributed by atoms with Crippen LogP contribution in [0.25, 0.3) is 10.9 Å². The number of aromatic nitrogens is 1. The highest BCUT2D eigenvalue weighted by Crippen LogP contribution is 2.25. The van der Waals surface area contributed by atoms with E-state index in [1.54, 1.807) is 24.4 Å². The first-order valence-corrected chi connectivity index (χ1v) is 6.80. The second-order valence-electron chi connectivity index (χ2n) is 4.28. The monoisotopic (exact) mass is 303 g/mol. The van der Waals surface area contributed by atoms with Crippen LogP contribution in [0.4, 0.5) is 5.69 Å². The van der Waals surface area contributed by atoms with E-state index in [1.165, 1.54) is 0 Å². The Kier molecular flexibility index (Phi) is 3.63. The number of benzene rings is 2. The Morgan fingerprint density at radius 3 is 2.85 bits per heavy atom. The van der Waals surface area contributed by atoms with Gasteiger partial charge in [-0.25, -0.2) is 0 Å². The molecule has 0 unspecified atom stereocenters. The van der Waals surface area contributed by atoms with Gasteiger partial charge in [0.15, 0.2) is 0 Å². The molecule has 3 nitrogen and oxygen atoms in total. The van der Waals surface area contributed by atoms with Gasteiger partial charge in [0.25, 0.3) is 0 Å². The maximum atomic E-state index is 6.05. The number of aromatic amines is 1. The van der Waals surface area contributed by atoms with Crippen molar-refractivity contribution in [2.75, 3.05) is 5.43 Å². The highest BCUT2D eigenvalue weighted by atomic mass is 35.5. The molecule has 3 rings (SSSR count). The SMILES string of the molecule is Clc1ccc(Cl)c(N/N=C/c2c[nH]c3ccccc23)c1. The van der Waals surface area contributed by atoms with Crippen LogP contribution in [0.3, 0.4) is 0 Å². The van der Waals surface area contributed by atoms with Gasteiger partial charge in [-0.15, -0.1) is 0 Å². The smallest absolute Gasteiger partial charge is 0.0762 e. The summed E-state index contributed by atoms with van der Waals surface area (Å²) in [6.45, 7) is 0. The zero-order valence-electron chi connectivity index (χ0n) is 10.4. The Morgan fingerprint density at radius 2 is 1.95 bits per heavy atom. The van der Waals surface area contributed by atoms with Crippen LogP contribution >= 0.6 is 23.2 Å². The van der Waals surface area contributed by atoms with E-state index < -0.39 is 0 Å². The molecular formula is C15H11Cl2N3. The lowest BCUT2D eigenvalue weighted by atomic mass is 10.2. The Morgan fingerprint density at radius 1 is 1.10 bits per heavy atom. The van der Waals surface area contributed by atoms with Crippen LogP contribution in [0.15, 0.2) is 53.8 Å². The normalized spacial score (nSPS) is 11.3. The molecule has 0 atom stereocenters. The first kappa shape index (κ1) is 13.0. The third kappa shape index (κ3) is 2.64. The lowest BCUT2D eigenvalue weighted by molar-refractivity contribution is 1.35. The molecule has 0 aliphatic rings. The zero-order valence-corrected chi connectivity index (χ0v) is 11.9. The van der Waals surface area contributed by atoms with E-state index in [1.807, 2.05) is 30.5 Å². The van der Waals surface area contributed by atoms with E-state index in [4.69, 9.17) is 23.2 Å². The van der Waals surface area contributed by atoms with Crippen molar-refractivity contribution < 1.29 is 0 Å². The van der Waals surface area contributed by atoms with Crippen molar-refractivity contribution in [2.45, 2.75) is 0 Å². The number of halogens is 2. The molecule has 3 aromatic rings. The van der Waals surface area contributed by atoms with Gasteiger partial charge in [0.1, 0.15) is 0 Å². The summed E-state index contributed by atoms with van der Waals surface area (Å²) < 4.78 is 0. The van der Waals surface area contributed by atoms with Crippen LogP contribution in [0.5, 0.6) is 0 Å². The predicted molar refractivity (Wildman–Crippen MR) is 86.0 cm³/mol. The fraction of sp³-hybridized carbons (Fsp3) is 0. The molecule has 0 saturated carbocycles. The number of nitrogens with one attached hydrogen (secondary N) is 2. The minimum Gasteiger partial charge on any atom is -0.361 e. The van der Waals surface area contributed by atoms with Crippen LogP contribution in [0.1, 0.15) is 5.56 Å². The third-order valence-corrected chi connectivity index (χ3v) is 3.50. The second kappa shape index (κ2) is 5.57. The summed E-state index contributed by atoms with van der Waals surface area (Å²) in [6, 6.07) is 13.2. The van der Waals surface area contributed by atoms with Crippen LogP contribution in [-0.4, -0.2) is 11.2 Å². The van der Waals surface area contributed by atoms with Crippen molar-refractivity contribution in [1.82, 2.24) is 4.98 Å². The number of hydrogen-bond acceptors (Lipinski definition) is 2. The van der Waals surface area contributed by atoms with Gasteiger partial charge in [0.05, 0.1) is 16.9 Å². The number of H-pyrrole nitrogens is 1. The van der Waals surface area contributed by atoms with Crippen molar-refractivity contribution in [3.63, 3.8) is 0 Å². The van der Waals surface area contributed by atoms with E-state index in [0.717, 1.165) is 16.5 Å². The quantitative estimate of drug-likeness (QED) is 0.523. The first-order chi connectivity index (χ1) is 9.74. The summed E-state index contributed by atoms with van der Waals surface area (Å²) in [4.78, 5) is 3.19. The summed E-state index contributed by atoms with van der Waals surface area (Å²) in [5.74, 6) is 0. The maximum absolute atomic E-state index is 6.05. The van der Waals surface area contributed by atoms with E-state index in [9.17, 15) is 0 Å². The minimum absolute atomic E-state index is 0.575. The van der Waals surface area contributed by atoms with E-state index in [0.29, 0.717) is 15.7 Å². The van der Waals surface area contributed by atoms with Crippen molar-refractivity contribution in [3.05, 3.63) is 64.3 Å². The van der Waals surface area contributed by atoms with Gasteiger partial charge in [0, 0.05) is 27.7 Å². The Hall–Kier alpha value is -1.97. The molecule has 0 saturated heterocycles. The number of anilines is 1. The number of hydrogen-bond donors (Lipinski definition) is 2. The fourth-order valence-corrected chi connectivity index (χ4v) is 2.29. The molecule has 5 heteroatoms. The molecule has 0 aliphatic carbocycles. The standard InChI is InChI=1S/C15H11Cl2N3/c16-11-5-6-13(17)15(7-11)20-19-9-10-8-18-14-4-2-1-3-12(10)14/h1-9,18,20H/b19-9+. The molecule has 100 valence electrons. The van der Waals surface area contributed by atoms with Crippen molar-refractivity contribution in [1.29, 1.82) is 0 Å². The summed E-state index contributed by atoms with van der Waals surface area (Å²) in [5.41, 5.74) is 5.66. The van der Waals surface area contributed by atoms with Crippen molar-refractivity contribution >= 4 is 46.0 Å². The van der Waals surface area contributed by atoms with E-state index in [2.05, 4.69) is 15.5 Å². The Labute approximate surface area is 126 Å². The fourth-order valence-electron chi connectivity index (χ4n) is 1.96. The summed E-state index contributed by atoms with van der Waals surface area (Å²) in [5, 5.41) is 6.50. The van der Waals surface area contributed by atoms with Gasteiger partial charge in [-0.1, -0.05) is 41.4 Å². The average molecular weight is 304 g/mol. The molecule has 0 spiro atoms. The number of nitrogens with zero attached hydrogens (tertiary/aromatic N) is 1. The van der Waals surface area contributed by atoms with Crippen LogP contribution in [0.2, 0.25) is 10.0 Å². The van der Waals surface area contributed by atoms with Gasteiger partial charge < -0.3 is 4.98 Å². The van der Waals surface area contributed by atoms with Gasteiger partial charge in [-0.3, -0.25) is 5.43 Å². The van der Waals surface area contributed by atoms with Crippen molar-refractivity contribution in [2.24, 2.45) is 5.10 Å². The number of para-hydroxylation sites is 1. The van der Waals surface area contributed by atoms with Gasteiger partial charge in [-0.05, 0) is 24.3 Å². The molecule has 0 amide bonds. The van der Waals surface area contributed by atoms with Crippen LogP contribution in [-0.2, 0) is 0 Å². The number of rotatable bonds is 3. The molecule has 2 N–H and O–H groups in total. The zero-order chi connectivity index (χ0) is 13.9. The highest BCUT2D eigenvalue weighted by Gasteiger charge is 2.01. The molecule has 1 heterocycles. The predicted octanol–water partition coefficient (Wildman–Crippen LogP) is 4.92. The van der Waals surface area contributed by atoms with Gasteiger partial charge >= 0.3 is 0 Å². The lowest BCUT2D eigenvalue weighted by Gasteiger charge is -2.03. The Balaban J connectivity index is 1.82. The summed E-state index contributed by atoms with van der Waals surface area (Å²) in [6.07, 6.45) is 3.66. The molecule has 1 aromatic heterocycles. The number of hydrazone groups is 1. The molecule has 2 aromatic carbocycles. The van der Waals surface area contributed by atoms with Gasteiger partial charge in [-0.2, -0.15) is 5.10 Å². The maximum Gasteiger partial charge on any atom is 0.0762 e. The van der Waals surface area contributed by atoms with E-state index >= 15 is 0 Å². The molecule has 0 radical (unpaired) electrons. The van der Waals surface area contributed by atoms with E-state index in [-0.39, 0.29) is 0 Å². The van der Waals surface area contributed by atoms with Crippen LogP contribution < -0.4 is 5.43 Å². The van der Waals surface area contributed by atoms with Crippen LogP contribution in [0, 0.1) is 0 Å². The third-order valence-electron chi connectivity index (χ3n) is 2.94. The number of fused-ring (bicyclic) bond motifs is 1. The summed E-state index contributed by atoms with van der Waals surface area (Å²) in [7, 11) is 0. The average Bonchev–Trinajstić information content (AvgIpc) is 2.86. The molecule has 0 aliphatic heterocycles. The van der Waals surface area contributed by atoms with Gasteiger partial charge in [0.2, 0.25) is 0 Å². The lowest BCUT2D eigenvalue weighted by Crippen LogP contribution is -1.91. The topological polar surface area (TPSA) is 40.2 Å².